The minimum absolute atomic E-state index is 0.0786. The van der Waals surface area contributed by atoms with Gasteiger partial charge in [0.1, 0.15) is 0 Å². The molecule has 0 unspecified atom stereocenters. The molecule has 1 aliphatic heterocycles. The average Bonchev–Trinajstić information content (AvgIpc) is 2.39. The van der Waals surface area contributed by atoms with Gasteiger partial charge in [-0.1, -0.05) is 0 Å². The molecule has 0 bridgehead atoms. The van der Waals surface area contributed by atoms with E-state index in [4.69, 9.17) is 5.11 Å². The fraction of sp³-hybridized carbons (Fsp3) is 0.364. The van der Waals surface area contributed by atoms with Gasteiger partial charge in [-0.15, -0.1) is 0 Å². The zero-order valence-corrected chi connectivity index (χ0v) is 13.5. The van der Waals surface area contributed by atoms with E-state index >= 15 is 0 Å². The number of carboxylic acids is 1. The first-order chi connectivity index (χ1) is 9.32. The lowest BCUT2D eigenvalue weighted by Crippen LogP contribution is -2.41. The molecule has 0 spiro atoms. The molecule has 110 valence electrons. The molecule has 1 saturated heterocycles. The summed E-state index contributed by atoms with van der Waals surface area (Å²) in [6.07, 6.45) is 0. The lowest BCUT2D eigenvalue weighted by molar-refractivity contribution is 0.0696. The zero-order chi connectivity index (χ0) is 14.9. The van der Waals surface area contributed by atoms with Crippen LogP contribution in [0.1, 0.15) is 10.4 Å². The lowest BCUT2D eigenvalue weighted by atomic mass is 10.2. The van der Waals surface area contributed by atoms with E-state index in [9.17, 15) is 17.4 Å². The third-order valence-corrected chi connectivity index (χ3v) is 7.10. The van der Waals surface area contributed by atoms with Crippen molar-refractivity contribution in [3.8, 4) is 0 Å². The van der Waals surface area contributed by atoms with Crippen LogP contribution in [0.25, 0.3) is 0 Å². The molecule has 1 fully saturated rings. The Balaban J connectivity index is 2.41. The Morgan fingerprint density at radius 2 is 1.90 bits per heavy atom. The number of sulfonamides is 1. The van der Waals surface area contributed by atoms with Gasteiger partial charge in [0.05, 0.1) is 10.5 Å². The Labute approximate surface area is 127 Å². The van der Waals surface area contributed by atoms with Gasteiger partial charge < -0.3 is 5.11 Å². The van der Waals surface area contributed by atoms with Gasteiger partial charge >= 0.3 is 5.97 Å². The molecule has 1 aromatic rings. The van der Waals surface area contributed by atoms with Crippen LogP contribution in [0.15, 0.2) is 27.6 Å². The molecule has 0 saturated carbocycles. The van der Waals surface area contributed by atoms with Gasteiger partial charge in [0.15, 0.2) is 0 Å². The number of rotatable bonds is 3. The molecule has 0 amide bonds. The smallest absolute Gasteiger partial charge is 0.335 e. The molecule has 0 atom stereocenters. The van der Waals surface area contributed by atoms with Crippen LogP contribution in [0.3, 0.4) is 0 Å². The molecule has 9 heteroatoms. The summed E-state index contributed by atoms with van der Waals surface area (Å²) in [7, 11) is -4.76. The second-order valence-electron chi connectivity index (χ2n) is 4.20. The molecule has 1 heterocycles. The van der Waals surface area contributed by atoms with E-state index < -0.39 is 26.8 Å². The number of nitrogens with zero attached hydrogens (tertiary/aromatic N) is 1. The summed E-state index contributed by atoms with van der Waals surface area (Å²) in [6, 6.07) is 3.86. The molecule has 20 heavy (non-hydrogen) atoms. The van der Waals surface area contributed by atoms with Gasteiger partial charge in [-0.25, -0.2) is 13.2 Å². The summed E-state index contributed by atoms with van der Waals surface area (Å²) >= 11 is 3.14. The first-order valence-corrected chi connectivity index (χ1v) is 9.42. The Hall–Kier alpha value is -0.770. The maximum atomic E-state index is 12.5. The second-order valence-corrected chi connectivity index (χ2v) is 8.66. The highest BCUT2D eigenvalue weighted by Gasteiger charge is 2.30. The van der Waals surface area contributed by atoms with Crippen molar-refractivity contribution in [3.05, 3.63) is 28.2 Å². The second kappa shape index (κ2) is 5.92. The van der Waals surface area contributed by atoms with Crippen LogP contribution in [0.2, 0.25) is 0 Å². The van der Waals surface area contributed by atoms with E-state index in [2.05, 4.69) is 15.9 Å². The summed E-state index contributed by atoms with van der Waals surface area (Å²) in [5.74, 6) is -0.584. The molecule has 1 aromatic carbocycles. The molecule has 6 nitrogen and oxygen atoms in total. The van der Waals surface area contributed by atoms with Crippen molar-refractivity contribution in [3.63, 3.8) is 0 Å². The van der Waals surface area contributed by atoms with Crippen LogP contribution in [0.4, 0.5) is 0 Å². The normalized spacial score (nSPS) is 18.1. The first kappa shape index (κ1) is 15.6. The van der Waals surface area contributed by atoms with Gasteiger partial charge in [-0.3, -0.25) is 4.21 Å². The van der Waals surface area contributed by atoms with Gasteiger partial charge in [0, 0.05) is 39.9 Å². The number of hydrogen-bond acceptors (Lipinski definition) is 4. The summed E-state index contributed by atoms with van der Waals surface area (Å²) in [6.45, 7) is 0.358. The number of halogens is 1. The third kappa shape index (κ3) is 3.11. The summed E-state index contributed by atoms with van der Waals surface area (Å²) in [5, 5.41) is 8.95. The maximum absolute atomic E-state index is 12.5. The quantitative estimate of drug-likeness (QED) is 0.839. The summed E-state index contributed by atoms with van der Waals surface area (Å²) in [4.78, 5) is 10.9. The van der Waals surface area contributed by atoms with Crippen LogP contribution >= 0.6 is 15.9 Å². The van der Waals surface area contributed by atoms with Gasteiger partial charge in [0.2, 0.25) is 10.0 Å². The van der Waals surface area contributed by atoms with Gasteiger partial charge in [-0.2, -0.15) is 4.31 Å². The summed E-state index contributed by atoms with van der Waals surface area (Å²) in [5.41, 5.74) is -0.0904. The minimum atomic E-state index is -3.78. The van der Waals surface area contributed by atoms with Crippen molar-refractivity contribution in [2.75, 3.05) is 24.6 Å². The Morgan fingerprint density at radius 1 is 1.30 bits per heavy atom. The van der Waals surface area contributed by atoms with E-state index in [1.807, 2.05) is 0 Å². The van der Waals surface area contributed by atoms with Crippen LogP contribution in [0.5, 0.6) is 0 Å². The third-order valence-electron chi connectivity index (χ3n) is 2.93. The van der Waals surface area contributed by atoms with Crippen LogP contribution < -0.4 is 0 Å². The highest BCUT2D eigenvalue weighted by Crippen LogP contribution is 2.27. The molecule has 1 aliphatic rings. The fourth-order valence-corrected chi connectivity index (χ4v) is 5.51. The number of carboxylic acid groups (broad SMARTS) is 1. The van der Waals surface area contributed by atoms with Crippen molar-refractivity contribution in [1.29, 1.82) is 0 Å². The van der Waals surface area contributed by atoms with Crippen molar-refractivity contribution < 1.29 is 22.5 Å². The Kier molecular flexibility index (Phi) is 4.62. The molecule has 1 N–H and O–H groups in total. The van der Waals surface area contributed by atoms with Gasteiger partial charge in [-0.05, 0) is 34.1 Å². The first-order valence-electron chi connectivity index (χ1n) is 5.70. The monoisotopic (exact) mass is 381 g/mol. The fourth-order valence-electron chi connectivity index (χ4n) is 1.83. The lowest BCUT2D eigenvalue weighted by Gasteiger charge is -2.26. The molecular formula is C11H12BrNO5S2. The molecular weight excluding hydrogens is 370 g/mol. The minimum Gasteiger partial charge on any atom is -0.478 e. The van der Waals surface area contributed by atoms with Crippen LogP contribution in [-0.2, 0) is 20.8 Å². The van der Waals surface area contributed by atoms with E-state index in [1.54, 1.807) is 0 Å². The highest BCUT2D eigenvalue weighted by atomic mass is 79.9. The predicted molar refractivity (Wildman–Crippen MR) is 77.7 cm³/mol. The van der Waals surface area contributed by atoms with Gasteiger partial charge in [0.25, 0.3) is 0 Å². The van der Waals surface area contributed by atoms with E-state index in [-0.39, 0.29) is 23.5 Å². The Bertz CT molecular complexity index is 663. The van der Waals surface area contributed by atoms with E-state index in [1.165, 1.54) is 16.4 Å². The molecule has 0 radical (unpaired) electrons. The van der Waals surface area contributed by atoms with E-state index in [0.29, 0.717) is 16.0 Å². The summed E-state index contributed by atoms with van der Waals surface area (Å²) < 4.78 is 37.8. The number of aromatic carboxylic acids is 1. The zero-order valence-electron chi connectivity index (χ0n) is 10.3. The SMILES string of the molecule is O=C(O)c1ccc(Br)c(S(=O)(=O)N2CCS(=O)CC2)c1. The van der Waals surface area contributed by atoms with Crippen LogP contribution in [-0.4, -0.2) is 52.6 Å². The Morgan fingerprint density at radius 3 is 2.45 bits per heavy atom. The number of benzene rings is 1. The van der Waals surface area contributed by atoms with Crippen molar-refractivity contribution in [2.45, 2.75) is 4.90 Å². The molecule has 2 rings (SSSR count). The number of hydrogen-bond donors (Lipinski definition) is 1. The topological polar surface area (TPSA) is 91.8 Å². The van der Waals surface area contributed by atoms with Crippen molar-refractivity contribution in [1.82, 2.24) is 4.31 Å². The molecule has 0 aromatic heterocycles. The maximum Gasteiger partial charge on any atom is 0.335 e. The van der Waals surface area contributed by atoms with Crippen molar-refractivity contribution in [2.24, 2.45) is 0 Å². The number of carbonyl (C=O) groups is 1. The highest BCUT2D eigenvalue weighted by molar-refractivity contribution is 9.10. The predicted octanol–water partition coefficient (Wildman–Crippen LogP) is 0.900. The van der Waals surface area contributed by atoms with E-state index in [0.717, 1.165) is 6.07 Å². The average molecular weight is 382 g/mol. The van der Waals surface area contributed by atoms with Crippen LogP contribution in [0, 0.1) is 0 Å². The largest absolute Gasteiger partial charge is 0.478 e. The molecule has 0 aliphatic carbocycles. The standard InChI is InChI=1S/C11H12BrNO5S2/c12-9-2-1-8(11(14)15)7-10(9)20(17,18)13-3-5-19(16)6-4-13/h1-2,7H,3-6H2,(H,14,15). The van der Waals surface area contributed by atoms with Crippen molar-refractivity contribution >= 4 is 42.7 Å².